The lowest BCUT2D eigenvalue weighted by Crippen LogP contribution is -2.08. The number of rotatable bonds is 4. The number of thiazole rings is 1. The molecule has 0 bridgehead atoms. The number of hydrogen-bond acceptors (Lipinski definition) is 3. The molecule has 0 aliphatic carbocycles. The van der Waals surface area contributed by atoms with E-state index < -0.39 is 11.6 Å². The highest BCUT2D eigenvalue weighted by Crippen LogP contribution is 2.13. The summed E-state index contributed by atoms with van der Waals surface area (Å²) in [6, 6.07) is 3.12. The van der Waals surface area contributed by atoms with Gasteiger partial charge in [0.15, 0.2) is 0 Å². The highest BCUT2D eigenvalue weighted by atomic mass is 32.1. The Morgan fingerprint density at radius 2 is 2.11 bits per heavy atom. The smallest absolute Gasteiger partial charge is 0.143 e. The second-order valence-corrected chi connectivity index (χ2v) is 5.05. The van der Waals surface area contributed by atoms with E-state index in [1.807, 2.05) is 6.92 Å². The Morgan fingerprint density at radius 3 is 2.78 bits per heavy atom. The van der Waals surface area contributed by atoms with Crippen LogP contribution in [0.25, 0.3) is 0 Å². The summed E-state index contributed by atoms with van der Waals surface area (Å²) in [5, 5.41) is 2.68. The van der Waals surface area contributed by atoms with Crippen LogP contribution in [0, 0.1) is 18.6 Å². The Bertz CT molecular complexity index is 580. The molecule has 1 aromatic heterocycles. The summed E-state index contributed by atoms with van der Waals surface area (Å²) in [5.41, 5.74) is 0.770. The van der Waals surface area contributed by atoms with E-state index in [9.17, 15) is 13.6 Å². The van der Waals surface area contributed by atoms with E-state index in [4.69, 9.17) is 0 Å². The predicted octanol–water partition coefficient (Wildman–Crippen LogP) is 3.08. The van der Waals surface area contributed by atoms with Gasteiger partial charge in [-0.1, -0.05) is 0 Å². The normalized spacial score (nSPS) is 10.6. The van der Waals surface area contributed by atoms with Gasteiger partial charge in [-0.05, 0) is 30.7 Å². The summed E-state index contributed by atoms with van der Waals surface area (Å²) in [4.78, 5) is 15.9. The minimum Gasteiger partial charge on any atom is -0.299 e. The van der Waals surface area contributed by atoms with Crippen molar-refractivity contribution >= 4 is 17.1 Å². The standard InChI is InChI=1S/C13H11F2NOS/c1-8-16-11(7-18-8)6-12(17)5-9-4-10(14)2-3-13(9)15/h2-4,7H,5-6H2,1H3. The lowest BCUT2D eigenvalue weighted by atomic mass is 10.1. The van der Waals surface area contributed by atoms with E-state index in [1.165, 1.54) is 11.3 Å². The van der Waals surface area contributed by atoms with Crippen molar-refractivity contribution < 1.29 is 13.6 Å². The van der Waals surface area contributed by atoms with Crippen LogP contribution in [0.2, 0.25) is 0 Å². The topological polar surface area (TPSA) is 30.0 Å². The van der Waals surface area contributed by atoms with E-state index in [0.29, 0.717) is 5.69 Å². The fourth-order valence-electron chi connectivity index (χ4n) is 1.65. The Balaban J connectivity index is 2.05. The molecule has 2 aromatic rings. The van der Waals surface area contributed by atoms with Crippen molar-refractivity contribution in [3.8, 4) is 0 Å². The number of carbonyl (C=O) groups excluding carboxylic acids is 1. The number of ketones is 1. The van der Waals surface area contributed by atoms with Crippen molar-refractivity contribution in [1.29, 1.82) is 0 Å². The Labute approximate surface area is 107 Å². The van der Waals surface area contributed by atoms with Gasteiger partial charge in [0.1, 0.15) is 17.4 Å². The number of nitrogens with zero attached hydrogens (tertiary/aromatic N) is 1. The van der Waals surface area contributed by atoms with E-state index >= 15 is 0 Å². The van der Waals surface area contributed by atoms with Crippen molar-refractivity contribution in [2.24, 2.45) is 0 Å². The van der Waals surface area contributed by atoms with Crippen molar-refractivity contribution in [2.75, 3.05) is 0 Å². The zero-order valence-corrected chi connectivity index (χ0v) is 10.6. The molecule has 0 amide bonds. The summed E-state index contributed by atoms with van der Waals surface area (Å²) in [6.45, 7) is 1.85. The number of aromatic nitrogens is 1. The molecule has 0 saturated carbocycles. The molecule has 1 heterocycles. The minimum absolute atomic E-state index is 0.0898. The highest BCUT2D eigenvalue weighted by molar-refractivity contribution is 7.09. The molecule has 5 heteroatoms. The monoisotopic (exact) mass is 267 g/mol. The second kappa shape index (κ2) is 5.35. The van der Waals surface area contributed by atoms with Gasteiger partial charge < -0.3 is 0 Å². The number of aryl methyl sites for hydroxylation is 1. The first-order valence-corrected chi connectivity index (χ1v) is 6.29. The highest BCUT2D eigenvalue weighted by Gasteiger charge is 2.11. The molecule has 0 saturated heterocycles. The molecule has 0 fully saturated rings. The molecule has 0 aliphatic rings. The van der Waals surface area contributed by atoms with Crippen LogP contribution in [0.3, 0.4) is 0 Å². The van der Waals surface area contributed by atoms with Crippen molar-refractivity contribution in [2.45, 2.75) is 19.8 Å². The van der Waals surface area contributed by atoms with Crippen LogP contribution in [-0.2, 0) is 17.6 Å². The average Bonchev–Trinajstić information content (AvgIpc) is 2.69. The maximum Gasteiger partial charge on any atom is 0.143 e. The minimum atomic E-state index is -0.556. The third-order valence-electron chi connectivity index (χ3n) is 2.44. The summed E-state index contributed by atoms with van der Waals surface area (Å²) in [5.74, 6) is -1.27. The van der Waals surface area contributed by atoms with Gasteiger partial charge in [0.2, 0.25) is 0 Å². The molecule has 0 spiro atoms. The second-order valence-electron chi connectivity index (χ2n) is 3.99. The molecule has 94 valence electrons. The van der Waals surface area contributed by atoms with E-state index in [0.717, 1.165) is 23.2 Å². The lowest BCUT2D eigenvalue weighted by Gasteiger charge is -2.02. The van der Waals surface area contributed by atoms with Crippen LogP contribution in [-0.4, -0.2) is 10.8 Å². The van der Waals surface area contributed by atoms with Crippen molar-refractivity contribution in [3.05, 3.63) is 51.5 Å². The van der Waals surface area contributed by atoms with Crippen LogP contribution in [0.15, 0.2) is 23.6 Å². The van der Waals surface area contributed by atoms with Gasteiger partial charge in [0.05, 0.1) is 10.7 Å². The Morgan fingerprint density at radius 1 is 1.33 bits per heavy atom. The maximum absolute atomic E-state index is 13.3. The molecule has 0 atom stereocenters. The van der Waals surface area contributed by atoms with Crippen molar-refractivity contribution in [3.63, 3.8) is 0 Å². The van der Waals surface area contributed by atoms with Crippen LogP contribution < -0.4 is 0 Å². The fraction of sp³-hybridized carbons (Fsp3) is 0.231. The number of Topliss-reactive ketones (excluding diaryl/α,β-unsaturated/α-hetero) is 1. The van der Waals surface area contributed by atoms with Gasteiger partial charge in [-0.15, -0.1) is 11.3 Å². The molecule has 0 N–H and O–H groups in total. The molecule has 1 aromatic carbocycles. The van der Waals surface area contributed by atoms with Crippen LogP contribution in [0.1, 0.15) is 16.3 Å². The van der Waals surface area contributed by atoms with Crippen LogP contribution in [0.4, 0.5) is 8.78 Å². The number of carbonyl (C=O) groups is 1. The lowest BCUT2D eigenvalue weighted by molar-refractivity contribution is -0.117. The zero-order chi connectivity index (χ0) is 13.1. The number of hydrogen-bond donors (Lipinski definition) is 0. The SMILES string of the molecule is Cc1nc(CC(=O)Cc2cc(F)ccc2F)cs1. The third kappa shape index (κ3) is 3.20. The third-order valence-corrected chi connectivity index (χ3v) is 3.26. The van der Waals surface area contributed by atoms with Crippen LogP contribution in [0.5, 0.6) is 0 Å². The summed E-state index contributed by atoms with van der Waals surface area (Å²) in [7, 11) is 0. The van der Waals surface area contributed by atoms with E-state index in [2.05, 4.69) is 4.98 Å². The van der Waals surface area contributed by atoms with E-state index in [-0.39, 0.29) is 24.2 Å². The van der Waals surface area contributed by atoms with Gasteiger partial charge in [-0.3, -0.25) is 4.79 Å². The largest absolute Gasteiger partial charge is 0.299 e. The predicted molar refractivity (Wildman–Crippen MR) is 65.6 cm³/mol. The Kier molecular flexibility index (Phi) is 3.81. The van der Waals surface area contributed by atoms with Crippen molar-refractivity contribution in [1.82, 2.24) is 4.98 Å². The van der Waals surface area contributed by atoms with Gasteiger partial charge in [-0.25, -0.2) is 13.8 Å². The summed E-state index contributed by atoms with van der Waals surface area (Å²) < 4.78 is 26.3. The molecular formula is C13H11F2NOS. The quantitative estimate of drug-likeness (QED) is 0.852. The zero-order valence-electron chi connectivity index (χ0n) is 9.74. The van der Waals surface area contributed by atoms with Gasteiger partial charge >= 0.3 is 0 Å². The molecule has 18 heavy (non-hydrogen) atoms. The number of benzene rings is 1. The summed E-state index contributed by atoms with van der Waals surface area (Å²) in [6.07, 6.45) is 0.0421. The summed E-state index contributed by atoms with van der Waals surface area (Å²) >= 11 is 1.46. The molecule has 0 unspecified atom stereocenters. The molecular weight excluding hydrogens is 256 g/mol. The fourth-order valence-corrected chi connectivity index (χ4v) is 2.26. The van der Waals surface area contributed by atoms with Crippen LogP contribution >= 0.6 is 11.3 Å². The van der Waals surface area contributed by atoms with Gasteiger partial charge in [-0.2, -0.15) is 0 Å². The molecule has 0 radical (unpaired) electrons. The van der Waals surface area contributed by atoms with E-state index in [1.54, 1.807) is 5.38 Å². The Hall–Kier alpha value is -1.62. The molecule has 2 nitrogen and oxygen atoms in total. The first-order chi connectivity index (χ1) is 8.54. The number of halogens is 2. The first-order valence-electron chi connectivity index (χ1n) is 5.41. The van der Waals surface area contributed by atoms with Gasteiger partial charge in [0, 0.05) is 18.2 Å². The average molecular weight is 267 g/mol. The molecule has 2 rings (SSSR count). The first kappa shape index (κ1) is 12.8. The van der Waals surface area contributed by atoms with Gasteiger partial charge in [0.25, 0.3) is 0 Å². The maximum atomic E-state index is 13.3. The molecule has 0 aliphatic heterocycles.